The highest BCUT2D eigenvalue weighted by Gasteiger charge is 2.60. The fourth-order valence-corrected chi connectivity index (χ4v) is 9.59. The van der Waals surface area contributed by atoms with Crippen LogP contribution in [-0.2, 0) is 0 Å². The van der Waals surface area contributed by atoms with Crippen LogP contribution in [0, 0.1) is 58.2 Å². The van der Waals surface area contributed by atoms with Gasteiger partial charge in [-0.05, 0) is 123 Å². The molecule has 31 heavy (non-hydrogen) atoms. The van der Waals surface area contributed by atoms with Crippen LogP contribution < -0.4 is 5.73 Å². The van der Waals surface area contributed by atoms with Crippen LogP contribution in [0.1, 0.15) is 112 Å². The maximum Gasteiger partial charge on any atom is 0.0319 e. The second kappa shape index (κ2) is 10.5. The summed E-state index contributed by atoms with van der Waals surface area (Å²) < 4.78 is 0. The van der Waals surface area contributed by atoms with Gasteiger partial charge < -0.3 is 10.8 Å². The Morgan fingerprint density at radius 1 is 0.839 bits per heavy atom. The van der Waals surface area contributed by atoms with Crippen LogP contribution in [0.2, 0.25) is 0 Å². The zero-order valence-electron chi connectivity index (χ0n) is 21.8. The molecule has 4 aliphatic rings. The van der Waals surface area contributed by atoms with Crippen LogP contribution in [0.3, 0.4) is 0 Å². The van der Waals surface area contributed by atoms with Gasteiger partial charge in [0, 0.05) is 7.11 Å². The highest BCUT2D eigenvalue weighted by molar-refractivity contribution is 5.09. The lowest BCUT2D eigenvalue weighted by Gasteiger charge is -2.61. The van der Waals surface area contributed by atoms with E-state index < -0.39 is 0 Å². The number of hydrogen-bond donors (Lipinski definition) is 2. The summed E-state index contributed by atoms with van der Waals surface area (Å²) in [4.78, 5) is 0. The average molecular weight is 434 g/mol. The molecule has 8 unspecified atom stereocenters. The molecule has 0 heterocycles. The third-order valence-corrected chi connectivity index (χ3v) is 11.3. The van der Waals surface area contributed by atoms with Gasteiger partial charge in [-0.3, -0.25) is 0 Å². The van der Waals surface area contributed by atoms with Crippen molar-refractivity contribution in [2.24, 2.45) is 63.9 Å². The molecule has 0 radical (unpaired) electrons. The Bertz CT molecular complexity index is 561. The van der Waals surface area contributed by atoms with Gasteiger partial charge in [-0.25, -0.2) is 0 Å². The summed E-state index contributed by atoms with van der Waals surface area (Å²) >= 11 is 0. The molecule has 9 atom stereocenters. The molecule has 4 aliphatic carbocycles. The molecular weight excluding hydrogens is 378 g/mol. The summed E-state index contributed by atoms with van der Waals surface area (Å²) in [7, 11) is 1.00. The number of hydrogen-bond acceptors (Lipinski definition) is 2. The van der Waals surface area contributed by atoms with Crippen molar-refractivity contribution in [1.29, 1.82) is 0 Å². The summed E-state index contributed by atoms with van der Waals surface area (Å²) in [5.41, 5.74) is 7.37. The monoisotopic (exact) mass is 433 g/mol. The lowest BCUT2D eigenvalue weighted by Crippen LogP contribution is -2.54. The van der Waals surface area contributed by atoms with Crippen molar-refractivity contribution in [3.05, 3.63) is 0 Å². The van der Waals surface area contributed by atoms with E-state index in [4.69, 9.17) is 10.8 Å². The average Bonchev–Trinajstić information content (AvgIpc) is 3.11. The van der Waals surface area contributed by atoms with Gasteiger partial charge in [0.1, 0.15) is 0 Å². The molecule has 3 N–H and O–H groups in total. The van der Waals surface area contributed by atoms with Gasteiger partial charge >= 0.3 is 0 Å². The van der Waals surface area contributed by atoms with E-state index in [0.717, 1.165) is 61.0 Å². The quantitative estimate of drug-likeness (QED) is 0.462. The van der Waals surface area contributed by atoms with Crippen molar-refractivity contribution < 1.29 is 5.11 Å². The second-order valence-corrected chi connectivity index (χ2v) is 13.1. The molecule has 0 spiro atoms. The Labute approximate surface area is 194 Å². The Morgan fingerprint density at radius 2 is 1.52 bits per heavy atom. The van der Waals surface area contributed by atoms with Crippen molar-refractivity contribution in [3.8, 4) is 0 Å². The maximum absolute atomic E-state index is 7.00. The lowest BCUT2D eigenvalue weighted by atomic mass is 9.44. The Balaban J connectivity index is 0.00000132. The fraction of sp³-hybridized carbons (Fsp3) is 1.00. The number of nitrogens with two attached hydrogens (primary N) is 1. The minimum absolute atomic E-state index is 0.636. The molecular formula is C29H55NO. The highest BCUT2D eigenvalue weighted by atomic mass is 16.2. The van der Waals surface area contributed by atoms with E-state index in [0.29, 0.717) is 10.8 Å². The van der Waals surface area contributed by atoms with Gasteiger partial charge in [0.15, 0.2) is 0 Å². The van der Waals surface area contributed by atoms with E-state index in [1.54, 1.807) is 6.42 Å². The third-order valence-electron chi connectivity index (χ3n) is 11.3. The van der Waals surface area contributed by atoms with E-state index in [-0.39, 0.29) is 0 Å². The molecule has 0 aromatic heterocycles. The van der Waals surface area contributed by atoms with E-state index in [9.17, 15) is 0 Å². The first kappa shape index (κ1) is 25.5. The Kier molecular flexibility index (Phi) is 8.62. The van der Waals surface area contributed by atoms with Gasteiger partial charge in [0.25, 0.3) is 0 Å². The molecule has 4 rings (SSSR count). The molecule has 4 saturated carbocycles. The molecule has 2 nitrogen and oxygen atoms in total. The first-order chi connectivity index (χ1) is 14.8. The van der Waals surface area contributed by atoms with Crippen LogP contribution in [0.5, 0.6) is 0 Å². The molecule has 0 aliphatic heterocycles. The smallest absolute Gasteiger partial charge is 0.0319 e. The lowest BCUT2D eigenvalue weighted by molar-refractivity contribution is -0.120. The molecule has 0 aromatic rings. The van der Waals surface area contributed by atoms with Crippen LogP contribution in [0.4, 0.5) is 0 Å². The third kappa shape index (κ3) is 4.77. The topological polar surface area (TPSA) is 46.2 Å². The maximum atomic E-state index is 7.00. The number of fused-ring (bicyclic) bond motifs is 5. The summed E-state index contributed by atoms with van der Waals surface area (Å²) in [5, 5.41) is 7.00. The van der Waals surface area contributed by atoms with E-state index in [1.807, 2.05) is 0 Å². The normalized spacial score (nSPS) is 45.2. The first-order valence-electron chi connectivity index (χ1n) is 13.9. The fourth-order valence-electron chi connectivity index (χ4n) is 9.59. The number of aliphatic hydroxyl groups is 1. The van der Waals surface area contributed by atoms with E-state index in [1.165, 1.54) is 70.6 Å². The van der Waals surface area contributed by atoms with Crippen LogP contribution in [0.15, 0.2) is 0 Å². The predicted molar refractivity (Wildman–Crippen MR) is 134 cm³/mol. The largest absolute Gasteiger partial charge is 0.400 e. The van der Waals surface area contributed by atoms with Gasteiger partial charge in [0.05, 0.1) is 0 Å². The number of aliphatic hydroxyl groups excluding tert-OH is 1. The first-order valence-corrected chi connectivity index (χ1v) is 13.9. The zero-order valence-corrected chi connectivity index (χ0v) is 21.8. The van der Waals surface area contributed by atoms with E-state index >= 15 is 0 Å². The molecule has 2 heteroatoms. The molecule has 182 valence electrons. The van der Waals surface area contributed by atoms with Gasteiger partial charge in [-0.1, -0.05) is 53.9 Å². The number of rotatable bonds is 6. The van der Waals surface area contributed by atoms with Crippen LogP contribution >= 0.6 is 0 Å². The Morgan fingerprint density at radius 3 is 2.19 bits per heavy atom. The highest BCUT2D eigenvalue weighted by Crippen LogP contribution is 2.68. The second-order valence-electron chi connectivity index (χ2n) is 13.1. The van der Waals surface area contributed by atoms with Crippen molar-refractivity contribution in [1.82, 2.24) is 0 Å². The van der Waals surface area contributed by atoms with Gasteiger partial charge in [0.2, 0.25) is 0 Å². The van der Waals surface area contributed by atoms with Gasteiger partial charge in [-0.2, -0.15) is 0 Å². The minimum Gasteiger partial charge on any atom is -0.400 e. The van der Waals surface area contributed by atoms with Crippen molar-refractivity contribution in [3.63, 3.8) is 0 Å². The summed E-state index contributed by atoms with van der Waals surface area (Å²) in [6.07, 6.45) is 17.8. The predicted octanol–water partition coefficient (Wildman–Crippen LogP) is 7.29. The molecule has 0 aromatic carbocycles. The molecule has 0 saturated heterocycles. The van der Waals surface area contributed by atoms with Crippen LogP contribution in [0.25, 0.3) is 0 Å². The standard InChI is InChI=1S/C28H51N.CH4O/c1-19(2)7-6-8-20(3)24-11-12-25-23-10-9-22-17-21(18-29)13-15-27(22,4)26(23)14-16-28(24,25)5;1-2/h19-26H,6-18,29H2,1-5H3;2H,1H3/t20-,21?,22?,23?,24?,25?,26?,27?,28?;/m1./s1. The van der Waals surface area contributed by atoms with Crippen molar-refractivity contribution >= 4 is 0 Å². The van der Waals surface area contributed by atoms with Gasteiger partial charge in [-0.15, -0.1) is 0 Å². The zero-order chi connectivity index (χ0) is 22.8. The molecule has 4 fully saturated rings. The SMILES string of the molecule is CC(C)CCC[C@@H](C)C1CCC2C3CCC4CC(CN)CCC4(C)C3CCC21C.CO. The minimum atomic E-state index is 0.636. The van der Waals surface area contributed by atoms with E-state index in [2.05, 4.69) is 34.6 Å². The van der Waals surface area contributed by atoms with Crippen LogP contribution in [-0.4, -0.2) is 18.8 Å². The summed E-state index contributed by atoms with van der Waals surface area (Å²) in [6.45, 7) is 13.8. The molecule has 0 amide bonds. The Hall–Kier alpha value is -0.0800. The summed E-state index contributed by atoms with van der Waals surface area (Å²) in [5.74, 6) is 7.69. The summed E-state index contributed by atoms with van der Waals surface area (Å²) in [6, 6.07) is 0. The van der Waals surface area contributed by atoms with Crippen molar-refractivity contribution in [2.45, 2.75) is 112 Å². The molecule has 0 bridgehead atoms. The van der Waals surface area contributed by atoms with Crippen molar-refractivity contribution in [2.75, 3.05) is 13.7 Å².